The maximum atomic E-state index is 14.8. The zero-order valence-electron chi connectivity index (χ0n) is 27.7. The van der Waals surface area contributed by atoms with Gasteiger partial charge in [0.05, 0.1) is 36.6 Å². The van der Waals surface area contributed by atoms with Crippen molar-refractivity contribution < 1.29 is 33.8 Å². The van der Waals surface area contributed by atoms with E-state index in [9.17, 15) is 24.3 Å². The van der Waals surface area contributed by atoms with Gasteiger partial charge in [0.25, 0.3) is 5.91 Å². The summed E-state index contributed by atoms with van der Waals surface area (Å²) in [5.74, 6) is -3.90. The summed E-state index contributed by atoms with van der Waals surface area (Å²) in [6.07, 6.45) is 3.43. The first-order valence-corrected chi connectivity index (χ1v) is 17.8. The van der Waals surface area contributed by atoms with Crippen LogP contribution in [0, 0.1) is 17.8 Å². The maximum absolute atomic E-state index is 14.8. The summed E-state index contributed by atoms with van der Waals surface area (Å²) in [4.78, 5) is 59.0. The SMILES string of the molecule is C=CCCC(=O)OC[C@H](NC(=O)[C@@H]1[C@H]2O[C@@]3(CC2Br)[C@H](C(=O)N(CC=C)c2ccc(Cl)cc2)N([C@@H](CO)C(C)C)C(=O)[C@@H]13)c1ccccc1. The molecular weight excluding hydrogens is 714 g/mol. The van der Waals surface area contributed by atoms with Gasteiger partial charge in [-0.25, -0.2) is 0 Å². The van der Waals surface area contributed by atoms with Gasteiger partial charge < -0.3 is 29.7 Å². The number of hydrogen-bond acceptors (Lipinski definition) is 7. The third-order valence-corrected chi connectivity index (χ3v) is 10.9. The second-order valence-electron chi connectivity index (χ2n) is 13.1. The highest BCUT2D eigenvalue weighted by atomic mass is 79.9. The highest BCUT2D eigenvalue weighted by Crippen LogP contribution is 2.61. The second-order valence-corrected chi connectivity index (χ2v) is 14.7. The summed E-state index contributed by atoms with van der Waals surface area (Å²) < 4.78 is 12.2. The molecule has 1 unspecified atom stereocenters. The Balaban J connectivity index is 1.52. The van der Waals surface area contributed by atoms with E-state index in [-0.39, 0.29) is 36.9 Å². The van der Waals surface area contributed by atoms with Gasteiger partial charge in [-0.2, -0.15) is 0 Å². The van der Waals surface area contributed by atoms with Crippen LogP contribution >= 0.6 is 27.5 Å². The fourth-order valence-corrected chi connectivity index (χ4v) is 8.56. The van der Waals surface area contributed by atoms with Gasteiger partial charge in [0.15, 0.2) is 0 Å². The first-order valence-electron chi connectivity index (χ1n) is 16.5. The number of nitrogens with one attached hydrogen (secondary N) is 1. The molecule has 8 atom stereocenters. The van der Waals surface area contributed by atoms with Crippen LogP contribution in [0.3, 0.4) is 0 Å². The number of alkyl halides is 1. The molecule has 1 spiro atoms. The summed E-state index contributed by atoms with van der Waals surface area (Å²) in [5.41, 5.74) is -0.0860. The Morgan fingerprint density at radius 1 is 1.16 bits per heavy atom. The number of rotatable bonds is 15. The van der Waals surface area contributed by atoms with Crippen LogP contribution in [-0.2, 0) is 28.7 Å². The predicted molar refractivity (Wildman–Crippen MR) is 190 cm³/mol. The third kappa shape index (κ3) is 7.08. The third-order valence-electron chi connectivity index (χ3n) is 9.78. The highest BCUT2D eigenvalue weighted by molar-refractivity contribution is 9.09. The molecule has 0 saturated carbocycles. The molecule has 3 aliphatic rings. The van der Waals surface area contributed by atoms with Gasteiger partial charge in [0.1, 0.15) is 18.2 Å². The average molecular weight is 757 g/mol. The Morgan fingerprint density at radius 2 is 1.86 bits per heavy atom. The molecular formula is C37H43BrClN3O7. The average Bonchev–Trinajstić information content (AvgIpc) is 3.68. The number of ether oxygens (including phenoxy) is 2. The lowest BCUT2D eigenvalue weighted by atomic mass is 9.70. The molecule has 3 saturated heterocycles. The number of carbonyl (C=O) groups excluding carboxylic acids is 4. The van der Waals surface area contributed by atoms with E-state index in [1.54, 1.807) is 36.4 Å². The number of aliphatic hydroxyl groups is 1. The van der Waals surface area contributed by atoms with Crippen molar-refractivity contribution in [3.63, 3.8) is 0 Å². The van der Waals surface area contributed by atoms with E-state index in [1.165, 1.54) is 9.80 Å². The number of fused-ring (bicyclic) bond motifs is 1. The molecule has 5 rings (SSSR count). The van der Waals surface area contributed by atoms with Crippen LogP contribution in [0.2, 0.25) is 5.02 Å². The van der Waals surface area contributed by atoms with E-state index < -0.39 is 65.4 Å². The van der Waals surface area contributed by atoms with Crippen LogP contribution < -0.4 is 10.2 Å². The molecule has 262 valence electrons. The predicted octanol–water partition coefficient (Wildman–Crippen LogP) is 4.99. The lowest BCUT2D eigenvalue weighted by molar-refractivity contribution is -0.147. The second kappa shape index (κ2) is 15.6. The molecule has 3 heterocycles. The largest absolute Gasteiger partial charge is 0.463 e. The smallest absolute Gasteiger partial charge is 0.306 e. The quantitative estimate of drug-likeness (QED) is 0.149. The molecule has 3 amide bonds. The Bertz CT molecular complexity index is 1560. The zero-order chi connectivity index (χ0) is 35.5. The van der Waals surface area contributed by atoms with E-state index in [1.807, 2.05) is 44.2 Å². The zero-order valence-corrected chi connectivity index (χ0v) is 30.0. The normalized spacial score (nSPS) is 26.6. The molecule has 10 nitrogen and oxygen atoms in total. The van der Waals surface area contributed by atoms with Gasteiger partial charge in [-0.15, -0.1) is 13.2 Å². The van der Waals surface area contributed by atoms with E-state index in [4.69, 9.17) is 21.1 Å². The van der Waals surface area contributed by atoms with Crippen LogP contribution in [-0.4, -0.2) is 82.1 Å². The van der Waals surface area contributed by atoms with Crippen LogP contribution in [0.5, 0.6) is 0 Å². The van der Waals surface area contributed by atoms with E-state index >= 15 is 0 Å². The number of hydrogen-bond donors (Lipinski definition) is 2. The van der Waals surface area contributed by atoms with Gasteiger partial charge in [0, 0.05) is 28.5 Å². The van der Waals surface area contributed by atoms with Crippen LogP contribution in [0.25, 0.3) is 0 Å². The lowest BCUT2D eigenvalue weighted by Gasteiger charge is -2.40. The number of benzene rings is 2. The van der Waals surface area contributed by atoms with E-state index in [2.05, 4.69) is 34.4 Å². The first-order chi connectivity index (χ1) is 23.5. The lowest BCUT2D eigenvalue weighted by Crippen LogP contribution is -2.60. The highest BCUT2D eigenvalue weighted by Gasteiger charge is 2.77. The van der Waals surface area contributed by atoms with E-state index in [0.29, 0.717) is 23.6 Å². The van der Waals surface area contributed by atoms with Crippen molar-refractivity contribution in [3.05, 3.63) is 90.5 Å². The van der Waals surface area contributed by atoms with E-state index in [0.717, 1.165) is 5.56 Å². The van der Waals surface area contributed by atoms with Gasteiger partial charge in [-0.1, -0.05) is 83.9 Å². The molecule has 49 heavy (non-hydrogen) atoms. The number of likely N-dealkylation sites (tertiary alicyclic amines) is 1. The minimum Gasteiger partial charge on any atom is -0.463 e. The van der Waals surface area contributed by atoms with Crippen molar-refractivity contribution in [2.75, 3.05) is 24.7 Å². The van der Waals surface area contributed by atoms with Crippen molar-refractivity contribution in [2.24, 2.45) is 17.8 Å². The van der Waals surface area contributed by atoms with Crippen molar-refractivity contribution in [1.29, 1.82) is 0 Å². The standard InChI is InChI=1S/C37H43BrClN3O7/c1-5-7-13-29(44)48-21-27(23-11-9-8-10-12-23)40-34(45)30-31-35(46)42(28(20-43)22(3)4)33(37(31)19-26(38)32(30)49-37)36(47)41(18-6-2)25-16-14-24(39)15-17-25/h5-6,8-12,14-17,22,26-28,30-33,43H,1-2,7,13,18-21H2,3-4H3,(H,40,45)/t26?,27-,28-,30-,31+,32-,33-,37+/m0/s1. The number of allylic oxidation sites excluding steroid dienone is 1. The molecule has 2 bridgehead atoms. The summed E-state index contributed by atoms with van der Waals surface area (Å²) in [7, 11) is 0. The summed E-state index contributed by atoms with van der Waals surface area (Å²) in [5, 5.41) is 14.1. The Hall–Kier alpha value is -3.51. The Labute approximate surface area is 300 Å². The number of anilines is 1. The molecule has 2 aromatic carbocycles. The molecule has 2 N–H and O–H groups in total. The molecule has 0 radical (unpaired) electrons. The summed E-state index contributed by atoms with van der Waals surface area (Å²) in [6.45, 7) is 10.9. The van der Waals surface area contributed by atoms with Crippen molar-refractivity contribution >= 4 is 56.9 Å². The number of halogens is 2. The first kappa shape index (κ1) is 36.8. The number of esters is 1. The van der Waals surface area contributed by atoms with Gasteiger partial charge in [-0.05, 0) is 48.6 Å². The van der Waals surface area contributed by atoms with Crippen molar-refractivity contribution in [1.82, 2.24) is 10.2 Å². The van der Waals surface area contributed by atoms with Crippen LogP contribution in [0.4, 0.5) is 5.69 Å². The van der Waals surface area contributed by atoms with Gasteiger partial charge >= 0.3 is 5.97 Å². The molecule has 12 heteroatoms. The van der Waals surface area contributed by atoms with Gasteiger partial charge in [-0.3, -0.25) is 19.2 Å². The monoisotopic (exact) mass is 755 g/mol. The summed E-state index contributed by atoms with van der Waals surface area (Å²) in [6, 6.07) is 13.4. The topological polar surface area (TPSA) is 125 Å². The Kier molecular flexibility index (Phi) is 11.7. The molecule has 3 aliphatic heterocycles. The van der Waals surface area contributed by atoms with Crippen LogP contribution in [0.15, 0.2) is 79.9 Å². The Morgan fingerprint density at radius 3 is 2.47 bits per heavy atom. The number of nitrogens with zero attached hydrogens (tertiary/aromatic N) is 2. The van der Waals surface area contributed by atoms with Crippen molar-refractivity contribution in [3.8, 4) is 0 Å². The van der Waals surface area contributed by atoms with Crippen molar-refractivity contribution in [2.45, 2.75) is 67.8 Å². The fourth-order valence-electron chi connectivity index (χ4n) is 7.49. The fraction of sp³-hybridized carbons (Fsp3) is 0.459. The molecule has 0 aromatic heterocycles. The molecule has 3 fully saturated rings. The maximum Gasteiger partial charge on any atom is 0.306 e. The number of aliphatic hydroxyl groups excluding tert-OH is 1. The van der Waals surface area contributed by atoms with Gasteiger partial charge in [0.2, 0.25) is 11.8 Å². The minimum atomic E-state index is -1.36. The minimum absolute atomic E-state index is 0.115. The number of amides is 3. The molecule has 2 aromatic rings. The molecule has 0 aliphatic carbocycles. The summed E-state index contributed by atoms with van der Waals surface area (Å²) >= 11 is 9.88. The van der Waals surface area contributed by atoms with Crippen LogP contribution in [0.1, 0.15) is 44.7 Å². The number of carbonyl (C=O) groups is 4.